The van der Waals surface area contributed by atoms with E-state index in [1.165, 1.54) is 19.3 Å². The summed E-state index contributed by atoms with van der Waals surface area (Å²) in [5, 5.41) is 3.65. The largest absolute Gasteiger partial charge is 0.380 e. The van der Waals surface area contributed by atoms with Crippen LogP contribution in [-0.4, -0.2) is 25.8 Å². The molecule has 0 aromatic carbocycles. The predicted molar refractivity (Wildman–Crippen MR) is 67.2 cm³/mol. The SMILES string of the molecule is CCCNC(C(CC)CC)C(CC)OC. The maximum absolute atomic E-state index is 5.58. The normalized spacial score (nSPS) is 15.6. The summed E-state index contributed by atoms with van der Waals surface area (Å²) in [7, 11) is 1.83. The van der Waals surface area contributed by atoms with E-state index >= 15 is 0 Å². The van der Waals surface area contributed by atoms with Crippen molar-refractivity contribution >= 4 is 0 Å². The molecule has 0 spiro atoms. The van der Waals surface area contributed by atoms with Crippen LogP contribution in [0.15, 0.2) is 0 Å². The molecule has 0 saturated heterocycles. The second-order valence-electron chi connectivity index (χ2n) is 4.24. The van der Waals surface area contributed by atoms with Crippen molar-refractivity contribution in [2.45, 2.75) is 65.5 Å². The van der Waals surface area contributed by atoms with Gasteiger partial charge in [0.1, 0.15) is 0 Å². The highest BCUT2D eigenvalue weighted by molar-refractivity contribution is 4.82. The van der Waals surface area contributed by atoms with Gasteiger partial charge in [0.25, 0.3) is 0 Å². The molecule has 92 valence electrons. The summed E-state index contributed by atoms with van der Waals surface area (Å²) in [5.41, 5.74) is 0. The molecule has 0 aromatic rings. The molecule has 2 unspecified atom stereocenters. The Morgan fingerprint density at radius 1 is 1.00 bits per heavy atom. The van der Waals surface area contributed by atoms with Gasteiger partial charge in [-0.1, -0.05) is 40.5 Å². The molecule has 0 aliphatic rings. The highest BCUT2D eigenvalue weighted by Crippen LogP contribution is 2.19. The van der Waals surface area contributed by atoms with E-state index in [0.717, 1.165) is 18.9 Å². The second-order valence-corrected chi connectivity index (χ2v) is 4.24. The lowest BCUT2D eigenvalue weighted by Gasteiger charge is -2.32. The Morgan fingerprint density at radius 2 is 1.60 bits per heavy atom. The lowest BCUT2D eigenvalue weighted by molar-refractivity contribution is 0.0427. The summed E-state index contributed by atoms with van der Waals surface area (Å²) in [4.78, 5) is 0. The standard InChI is InChI=1S/C13H29NO/c1-6-10-14-13(11(7-2)8-3)12(9-4)15-5/h11-14H,6-10H2,1-5H3. The van der Waals surface area contributed by atoms with Crippen LogP contribution >= 0.6 is 0 Å². The fourth-order valence-corrected chi connectivity index (χ4v) is 2.28. The number of methoxy groups -OCH3 is 1. The van der Waals surface area contributed by atoms with Crippen LogP contribution in [0.25, 0.3) is 0 Å². The second kappa shape index (κ2) is 9.17. The van der Waals surface area contributed by atoms with Gasteiger partial charge in [0.15, 0.2) is 0 Å². The quantitative estimate of drug-likeness (QED) is 0.637. The molecule has 0 rings (SSSR count). The average Bonchev–Trinajstić information content (AvgIpc) is 2.28. The monoisotopic (exact) mass is 215 g/mol. The number of rotatable bonds is 9. The zero-order valence-electron chi connectivity index (χ0n) is 11.2. The molecule has 0 aliphatic carbocycles. The van der Waals surface area contributed by atoms with Crippen LogP contribution in [0, 0.1) is 5.92 Å². The van der Waals surface area contributed by atoms with Crippen molar-refractivity contribution in [3.8, 4) is 0 Å². The lowest BCUT2D eigenvalue weighted by atomic mass is 9.89. The van der Waals surface area contributed by atoms with Crippen molar-refractivity contribution in [2.24, 2.45) is 5.92 Å². The van der Waals surface area contributed by atoms with E-state index in [1.54, 1.807) is 0 Å². The van der Waals surface area contributed by atoms with Gasteiger partial charge in [-0.2, -0.15) is 0 Å². The molecule has 0 bridgehead atoms. The van der Waals surface area contributed by atoms with Gasteiger partial charge in [-0.05, 0) is 25.3 Å². The van der Waals surface area contributed by atoms with Gasteiger partial charge in [0.05, 0.1) is 6.10 Å². The smallest absolute Gasteiger partial charge is 0.0724 e. The first kappa shape index (κ1) is 14.9. The first-order chi connectivity index (χ1) is 7.24. The minimum absolute atomic E-state index is 0.362. The highest BCUT2D eigenvalue weighted by Gasteiger charge is 2.25. The Bertz CT molecular complexity index is 118. The van der Waals surface area contributed by atoms with Gasteiger partial charge < -0.3 is 10.1 Å². The topological polar surface area (TPSA) is 21.3 Å². The summed E-state index contributed by atoms with van der Waals surface area (Å²) < 4.78 is 5.58. The van der Waals surface area contributed by atoms with Gasteiger partial charge in [-0.3, -0.25) is 0 Å². The Kier molecular flexibility index (Phi) is 9.12. The van der Waals surface area contributed by atoms with E-state index in [0.29, 0.717) is 12.1 Å². The Balaban J connectivity index is 4.38. The van der Waals surface area contributed by atoms with Crippen LogP contribution in [0.4, 0.5) is 0 Å². The van der Waals surface area contributed by atoms with Gasteiger partial charge in [-0.15, -0.1) is 0 Å². The van der Waals surface area contributed by atoms with Gasteiger partial charge in [-0.25, -0.2) is 0 Å². The van der Waals surface area contributed by atoms with Crippen LogP contribution in [-0.2, 0) is 4.74 Å². The third-order valence-corrected chi connectivity index (χ3v) is 3.29. The van der Waals surface area contributed by atoms with Gasteiger partial charge >= 0.3 is 0 Å². The molecule has 0 aliphatic heterocycles. The van der Waals surface area contributed by atoms with Gasteiger partial charge in [0, 0.05) is 13.2 Å². The van der Waals surface area contributed by atoms with E-state index in [-0.39, 0.29) is 0 Å². The minimum Gasteiger partial charge on any atom is -0.380 e. The van der Waals surface area contributed by atoms with E-state index in [4.69, 9.17) is 4.74 Å². The van der Waals surface area contributed by atoms with E-state index in [1.807, 2.05) is 7.11 Å². The average molecular weight is 215 g/mol. The van der Waals surface area contributed by atoms with E-state index in [9.17, 15) is 0 Å². The molecular weight excluding hydrogens is 186 g/mol. The Hall–Kier alpha value is -0.0800. The first-order valence-corrected chi connectivity index (χ1v) is 6.51. The zero-order valence-corrected chi connectivity index (χ0v) is 11.2. The number of hydrogen-bond acceptors (Lipinski definition) is 2. The molecule has 15 heavy (non-hydrogen) atoms. The van der Waals surface area contributed by atoms with Crippen molar-refractivity contribution < 1.29 is 4.74 Å². The van der Waals surface area contributed by atoms with E-state index < -0.39 is 0 Å². The fourth-order valence-electron chi connectivity index (χ4n) is 2.28. The number of hydrogen-bond donors (Lipinski definition) is 1. The van der Waals surface area contributed by atoms with Crippen LogP contribution < -0.4 is 5.32 Å². The molecule has 2 nitrogen and oxygen atoms in total. The number of ether oxygens (including phenoxy) is 1. The molecule has 1 N–H and O–H groups in total. The van der Waals surface area contributed by atoms with Crippen LogP contribution in [0.2, 0.25) is 0 Å². The summed E-state index contributed by atoms with van der Waals surface area (Å²) in [6.07, 6.45) is 5.11. The summed E-state index contributed by atoms with van der Waals surface area (Å²) in [6, 6.07) is 0.523. The van der Waals surface area contributed by atoms with Crippen LogP contribution in [0.1, 0.15) is 53.4 Å². The third kappa shape index (κ3) is 4.98. The Morgan fingerprint density at radius 3 is 1.93 bits per heavy atom. The van der Waals surface area contributed by atoms with Crippen LogP contribution in [0.3, 0.4) is 0 Å². The zero-order chi connectivity index (χ0) is 11.7. The molecule has 0 fully saturated rings. The van der Waals surface area contributed by atoms with Crippen molar-refractivity contribution in [2.75, 3.05) is 13.7 Å². The molecular formula is C13H29NO. The molecule has 0 amide bonds. The van der Waals surface area contributed by atoms with Gasteiger partial charge in [0.2, 0.25) is 0 Å². The first-order valence-electron chi connectivity index (χ1n) is 6.51. The number of nitrogens with one attached hydrogen (secondary N) is 1. The summed E-state index contributed by atoms with van der Waals surface area (Å²) >= 11 is 0. The van der Waals surface area contributed by atoms with E-state index in [2.05, 4.69) is 33.0 Å². The van der Waals surface area contributed by atoms with Crippen LogP contribution in [0.5, 0.6) is 0 Å². The lowest BCUT2D eigenvalue weighted by Crippen LogP contribution is -2.46. The van der Waals surface area contributed by atoms with Crippen molar-refractivity contribution in [1.29, 1.82) is 0 Å². The Labute approximate surface area is 95.8 Å². The predicted octanol–water partition coefficient (Wildman–Crippen LogP) is 3.22. The summed E-state index contributed by atoms with van der Waals surface area (Å²) in [5.74, 6) is 0.737. The molecule has 0 saturated carbocycles. The van der Waals surface area contributed by atoms with Crippen molar-refractivity contribution in [3.05, 3.63) is 0 Å². The molecule has 0 heterocycles. The molecule has 2 heteroatoms. The molecule has 0 radical (unpaired) electrons. The fraction of sp³-hybridized carbons (Fsp3) is 1.00. The summed E-state index contributed by atoms with van der Waals surface area (Å²) in [6.45, 7) is 10.1. The molecule has 0 aromatic heterocycles. The molecule has 2 atom stereocenters. The maximum atomic E-state index is 5.58. The third-order valence-electron chi connectivity index (χ3n) is 3.29. The van der Waals surface area contributed by atoms with Crippen molar-refractivity contribution in [1.82, 2.24) is 5.32 Å². The highest BCUT2D eigenvalue weighted by atomic mass is 16.5. The maximum Gasteiger partial charge on any atom is 0.0724 e. The minimum atomic E-state index is 0.362. The van der Waals surface area contributed by atoms with Crippen molar-refractivity contribution in [3.63, 3.8) is 0 Å².